The number of nitrogen functional groups attached to an aromatic ring is 1. The molecule has 0 saturated heterocycles. The molecular weight excluding hydrogens is 244 g/mol. The molecule has 0 atom stereocenters. The van der Waals surface area contributed by atoms with Crippen LogP contribution in [0.15, 0.2) is 30.5 Å². The molecule has 0 fully saturated rings. The van der Waals surface area contributed by atoms with Crippen LogP contribution in [0.25, 0.3) is 10.9 Å². The highest BCUT2D eigenvalue weighted by atomic mass is 16.5. The monoisotopic (exact) mass is 262 g/mol. The van der Waals surface area contributed by atoms with Crippen molar-refractivity contribution < 1.29 is 14.2 Å². The largest absolute Gasteiger partial charge is 0.490 e. The number of hydrogen-bond donors (Lipinski definition) is 1. The topological polar surface area (TPSA) is 66.6 Å². The van der Waals surface area contributed by atoms with Crippen molar-refractivity contribution in [3.63, 3.8) is 0 Å². The molecule has 1 aromatic heterocycles. The summed E-state index contributed by atoms with van der Waals surface area (Å²) in [6.07, 6.45) is 1.69. The maximum atomic E-state index is 5.88. The fourth-order valence-electron chi connectivity index (χ4n) is 1.75. The lowest BCUT2D eigenvalue weighted by Gasteiger charge is -2.10. The van der Waals surface area contributed by atoms with Crippen LogP contribution in [0.4, 0.5) is 5.69 Å². The van der Waals surface area contributed by atoms with E-state index in [1.54, 1.807) is 13.3 Å². The van der Waals surface area contributed by atoms with E-state index in [0.29, 0.717) is 32.1 Å². The van der Waals surface area contributed by atoms with E-state index in [0.717, 1.165) is 16.7 Å². The number of para-hydroxylation sites is 1. The normalized spacial score (nSPS) is 10.8. The molecule has 1 aromatic carbocycles. The standard InChI is InChI=1S/C14H18N2O3/c1-17-7-8-18-9-10-19-13-5-6-16-14-11(13)3-2-4-12(14)15/h2-6H,7-10,15H2,1H3. The lowest BCUT2D eigenvalue weighted by molar-refractivity contribution is 0.0546. The second kappa shape index (κ2) is 6.92. The van der Waals surface area contributed by atoms with Crippen LogP contribution in [0, 0.1) is 0 Å². The van der Waals surface area contributed by atoms with E-state index in [4.69, 9.17) is 19.9 Å². The molecule has 0 bridgehead atoms. The zero-order valence-electron chi connectivity index (χ0n) is 11.0. The summed E-state index contributed by atoms with van der Waals surface area (Å²) in [7, 11) is 1.65. The summed E-state index contributed by atoms with van der Waals surface area (Å²) in [6.45, 7) is 2.17. The van der Waals surface area contributed by atoms with Crippen molar-refractivity contribution in [1.82, 2.24) is 4.98 Å². The number of methoxy groups -OCH3 is 1. The zero-order chi connectivity index (χ0) is 13.5. The highest BCUT2D eigenvalue weighted by molar-refractivity contribution is 5.93. The minimum atomic E-state index is 0.484. The minimum absolute atomic E-state index is 0.484. The van der Waals surface area contributed by atoms with Crippen molar-refractivity contribution in [2.75, 3.05) is 39.3 Å². The van der Waals surface area contributed by atoms with Crippen molar-refractivity contribution in [2.24, 2.45) is 0 Å². The first-order valence-corrected chi connectivity index (χ1v) is 6.15. The van der Waals surface area contributed by atoms with Crippen LogP contribution < -0.4 is 10.5 Å². The molecule has 5 nitrogen and oxygen atoms in total. The summed E-state index contributed by atoms with van der Waals surface area (Å²) >= 11 is 0. The molecular formula is C14H18N2O3. The van der Waals surface area contributed by atoms with Gasteiger partial charge in [-0.15, -0.1) is 0 Å². The molecule has 0 spiro atoms. The Balaban J connectivity index is 1.95. The van der Waals surface area contributed by atoms with Gasteiger partial charge in [-0.2, -0.15) is 0 Å². The van der Waals surface area contributed by atoms with Gasteiger partial charge in [-0.3, -0.25) is 4.98 Å². The number of benzene rings is 1. The Morgan fingerprint density at radius 2 is 1.95 bits per heavy atom. The first kappa shape index (κ1) is 13.6. The van der Waals surface area contributed by atoms with E-state index in [2.05, 4.69) is 4.98 Å². The van der Waals surface area contributed by atoms with Gasteiger partial charge in [0.15, 0.2) is 0 Å². The lowest BCUT2D eigenvalue weighted by Crippen LogP contribution is -2.10. The van der Waals surface area contributed by atoms with Crippen LogP contribution >= 0.6 is 0 Å². The number of rotatable bonds is 7. The van der Waals surface area contributed by atoms with Gasteiger partial charge in [0, 0.05) is 18.7 Å². The number of nitrogens with two attached hydrogens (primary N) is 1. The molecule has 2 N–H and O–H groups in total. The van der Waals surface area contributed by atoms with Crippen molar-refractivity contribution in [3.8, 4) is 5.75 Å². The molecule has 102 valence electrons. The summed E-state index contributed by atoms with van der Waals surface area (Å²) in [6, 6.07) is 7.49. The highest BCUT2D eigenvalue weighted by Gasteiger charge is 2.04. The molecule has 0 aliphatic carbocycles. The van der Waals surface area contributed by atoms with Gasteiger partial charge in [0.05, 0.1) is 31.0 Å². The minimum Gasteiger partial charge on any atom is -0.490 e. The summed E-state index contributed by atoms with van der Waals surface area (Å²) in [5.41, 5.74) is 7.29. The van der Waals surface area contributed by atoms with Gasteiger partial charge in [0.25, 0.3) is 0 Å². The van der Waals surface area contributed by atoms with Crippen LogP contribution in [0.1, 0.15) is 0 Å². The number of hydrogen-bond acceptors (Lipinski definition) is 5. The van der Waals surface area contributed by atoms with E-state index < -0.39 is 0 Å². The Labute approximate surface area is 112 Å². The molecule has 1 heterocycles. The molecule has 2 rings (SSSR count). The Bertz CT molecular complexity index is 531. The number of fused-ring (bicyclic) bond motifs is 1. The van der Waals surface area contributed by atoms with E-state index in [9.17, 15) is 0 Å². The summed E-state index contributed by atoms with van der Waals surface area (Å²) < 4.78 is 15.9. The molecule has 0 saturated carbocycles. The predicted molar refractivity (Wildman–Crippen MR) is 74.3 cm³/mol. The van der Waals surface area contributed by atoms with Crippen molar-refractivity contribution in [3.05, 3.63) is 30.5 Å². The number of aromatic nitrogens is 1. The van der Waals surface area contributed by atoms with Crippen LogP contribution in [-0.2, 0) is 9.47 Å². The first-order chi connectivity index (χ1) is 9.33. The van der Waals surface area contributed by atoms with Gasteiger partial charge in [0.1, 0.15) is 12.4 Å². The molecule has 0 unspecified atom stereocenters. The van der Waals surface area contributed by atoms with Gasteiger partial charge in [-0.05, 0) is 18.2 Å². The number of ether oxygens (including phenoxy) is 3. The van der Waals surface area contributed by atoms with Gasteiger partial charge in [0.2, 0.25) is 0 Å². The van der Waals surface area contributed by atoms with E-state index in [1.165, 1.54) is 0 Å². The van der Waals surface area contributed by atoms with Crippen molar-refractivity contribution >= 4 is 16.6 Å². The maximum Gasteiger partial charge on any atom is 0.130 e. The summed E-state index contributed by atoms with van der Waals surface area (Å²) in [4.78, 5) is 4.26. The van der Waals surface area contributed by atoms with E-state index >= 15 is 0 Å². The Morgan fingerprint density at radius 1 is 1.11 bits per heavy atom. The molecule has 19 heavy (non-hydrogen) atoms. The fourth-order valence-corrected chi connectivity index (χ4v) is 1.75. The number of nitrogens with zero attached hydrogens (tertiary/aromatic N) is 1. The fraction of sp³-hybridized carbons (Fsp3) is 0.357. The molecule has 5 heteroatoms. The second-order valence-corrected chi connectivity index (χ2v) is 4.01. The summed E-state index contributed by atoms with van der Waals surface area (Å²) in [5.74, 6) is 0.771. The third kappa shape index (κ3) is 3.56. The average Bonchev–Trinajstić information content (AvgIpc) is 2.43. The Kier molecular flexibility index (Phi) is 4.94. The second-order valence-electron chi connectivity index (χ2n) is 4.01. The molecule has 2 aromatic rings. The van der Waals surface area contributed by atoms with E-state index in [-0.39, 0.29) is 0 Å². The smallest absolute Gasteiger partial charge is 0.130 e. The molecule has 0 radical (unpaired) electrons. The van der Waals surface area contributed by atoms with Gasteiger partial charge < -0.3 is 19.9 Å². The Morgan fingerprint density at radius 3 is 2.79 bits per heavy atom. The van der Waals surface area contributed by atoms with Crippen LogP contribution in [0.2, 0.25) is 0 Å². The Hall–Kier alpha value is -1.85. The average molecular weight is 262 g/mol. The van der Waals surface area contributed by atoms with Gasteiger partial charge >= 0.3 is 0 Å². The van der Waals surface area contributed by atoms with Gasteiger partial charge in [-0.1, -0.05) is 6.07 Å². The lowest BCUT2D eigenvalue weighted by atomic mass is 10.2. The predicted octanol–water partition coefficient (Wildman–Crippen LogP) is 1.86. The molecule has 0 aliphatic heterocycles. The van der Waals surface area contributed by atoms with Gasteiger partial charge in [-0.25, -0.2) is 0 Å². The molecule has 0 amide bonds. The first-order valence-electron chi connectivity index (χ1n) is 6.15. The number of anilines is 1. The SMILES string of the molecule is COCCOCCOc1ccnc2c(N)cccc12. The molecule has 0 aliphatic rings. The van der Waals surface area contributed by atoms with Crippen LogP contribution in [0.3, 0.4) is 0 Å². The quantitative estimate of drug-likeness (QED) is 0.609. The third-order valence-corrected chi connectivity index (χ3v) is 2.68. The highest BCUT2D eigenvalue weighted by Crippen LogP contribution is 2.27. The number of pyridine rings is 1. The maximum absolute atomic E-state index is 5.88. The van der Waals surface area contributed by atoms with Crippen LogP contribution in [0.5, 0.6) is 5.75 Å². The van der Waals surface area contributed by atoms with Crippen molar-refractivity contribution in [2.45, 2.75) is 0 Å². The zero-order valence-corrected chi connectivity index (χ0v) is 11.0. The van der Waals surface area contributed by atoms with E-state index in [1.807, 2.05) is 24.3 Å². The van der Waals surface area contributed by atoms with Crippen LogP contribution in [-0.4, -0.2) is 38.5 Å². The third-order valence-electron chi connectivity index (χ3n) is 2.68. The summed E-state index contributed by atoms with van der Waals surface area (Å²) in [5, 5.41) is 0.916. The van der Waals surface area contributed by atoms with Crippen molar-refractivity contribution in [1.29, 1.82) is 0 Å².